The van der Waals surface area contributed by atoms with Gasteiger partial charge in [-0.15, -0.1) is 22.7 Å². The van der Waals surface area contributed by atoms with Crippen molar-refractivity contribution in [1.82, 2.24) is 9.88 Å². The van der Waals surface area contributed by atoms with Crippen LogP contribution in [-0.2, 0) is 6.54 Å². The number of rotatable bonds is 5. The van der Waals surface area contributed by atoms with E-state index in [4.69, 9.17) is 4.42 Å². The standard InChI is InChI=1S/C17H17N3O2S2/c21-16(19-17-18-7-10-23-17)15-6-5-14(24-15)13-4-1-8-20(13)11-12-3-2-9-22-12/h2-3,5-7,9-10,13H,1,4,8,11H2,(H,18,19,21)/t13-/m0/s1. The van der Waals surface area contributed by atoms with Crippen LogP contribution in [0.15, 0.2) is 46.5 Å². The molecule has 1 aliphatic rings. The summed E-state index contributed by atoms with van der Waals surface area (Å²) in [4.78, 5) is 20.8. The van der Waals surface area contributed by atoms with Gasteiger partial charge in [-0.25, -0.2) is 4.98 Å². The predicted molar refractivity (Wildman–Crippen MR) is 95.5 cm³/mol. The van der Waals surface area contributed by atoms with Gasteiger partial charge in [-0.05, 0) is 43.7 Å². The van der Waals surface area contributed by atoms with Gasteiger partial charge in [0.15, 0.2) is 5.13 Å². The Morgan fingerprint density at radius 2 is 2.38 bits per heavy atom. The summed E-state index contributed by atoms with van der Waals surface area (Å²) in [6.45, 7) is 1.88. The van der Waals surface area contributed by atoms with Crippen LogP contribution in [0.3, 0.4) is 0 Å². The van der Waals surface area contributed by atoms with Gasteiger partial charge in [-0.2, -0.15) is 0 Å². The molecule has 1 atom stereocenters. The minimum absolute atomic E-state index is 0.0863. The molecule has 124 valence electrons. The highest BCUT2D eigenvalue weighted by Gasteiger charge is 2.28. The van der Waals surface area contributed by atoms with Crippen LogP contribution in [0.2, 0.25) is 0 Å². The van der Waals surface area contributed by atoms with Gasteiger partial charge >= 0.3 is 0 Å². The van der Waals surface area contributed by atoms with Crippen molar-refractivity contribution in [2.45, 2.75) is 25.4 Å². The van der Waals surface area contributed by atoms with Crippen LogP contribution in [-0.4, -0.2) is 22.3 Å². The molecule has 1 N–H and O–H groups in total. The number of likely N-dealkylation sites (tertiary alicyclic amines) is 1. The first-order valence-corrected chi connectivity index (χ1v) is 9.56. The SMILES string of the molecule is O=C(Nc1nccs1)c1ccc([C@@H]2CCCN2Cc2ccco2)s1. The minimum atomic E-state index is -0.0863. The van der Waals surface area contributed by atoms with E-state index in [1.165, 1.54) is 22.6 Å². The maximum Gasteiger partial charge on any atom is 0.267 e. The van der Waals surface area contributed by atoms with Crippen LogP contribution in [0.4, 0.5) is 5.13 Å². The predicted octanol–water partition coefficient (Wildman–Crippen LogP) is 4.39. The molecule has 0 aromatic carbocycles. The Hall–Kier alpha value is -1.96. The number of thiazole rings is 1. The zero-order valence-electron chi connectivity index (χ0n) is 13.0. The normalized spacial score (nSPS) is 18.1. The first kappa shape index (κ1) is 15.6. The number of amides is 1. The maximum absolute atomic E-state index is 12.3. The van der Waals surface area contributed by atoms with Gasteiger partial charge in [-0.3, -0.25) is 15.0 Å². The van der Waals surface area contributed by atoms with E-state index < -0.39 is 0 Å². The van der Waals surface area contributed by atoms with E-state index in [0.29, 0.717) is 11.2 Å². The zero-order chi connectivity index (χ0) is 16.4. The Balaban J connectivity index is 1.46. The van der Waals surface area contributed by atoms with E-state index in [2.05, 4.69) is 21.3 Å². The number of anilines is 1. The largest absolute Gasteiger partial charge is 0.468 e. The number of thiophene rings is 1. The summed E-state index contributed by atoms with van der Waals surface area (Å²) in [7, 11) is 0. The molecular weight excluding hydrogens is 342 g/mol. The number of carbonyl (C=O) groups is 1. The number of carbonyl (C=O) groups excluding carboxylic acids is 1. The highest BCUT2D eigenvalue weighted by Crippen LogP contribution is 2.37. The quantitative estimate of drug-likeness (QED) is 0.734. The molecule has 24 heavy (non-hydrogen) atoms. The summed E-state index contributed by atoms with van der Waals surface area (Å²) in [5.41, 5.74) is 0. The van der Waals surface area contributed by atoms with Gasteiger partial charge < -0.3 is 4.42 Å². The molecule has 7 heteroatoms. The number of nitrogens with zero attached hydrogens (tertiary/aromatic N) is 2. The Morgan fingerprint density at radius 3 is 3.17 bits per heavy atom. The molecule has 0 bridgehead atoms. The van der Waals surface area contributed by atoms with Crippen molar-refractivity contribution in [2.75, 3.05) is 11.9 Å². The molecule has 3 aromatic heterocycles. The molecule has 0 aliphatic carbocycles. The molecule has 0 unspecified atom stereocenters. The third-order valence-corrected chi connectivity index (χ3v) is 6.01. The van der Waals surface area contributed by atoms with Crippen molar-refractivity contribution >= 4 is 33.7 Å². The fraction of sp³-hybridized carbons (Fsp3) is 0.294. The van der Waals surface area contributed by atoms with Crippen molar-refractivity contribution in [3.63, 3.8) is 0 Å². The molecular formula is C17H17N3O2S2. The molecule has 1 fully saturated rings. The van der Waals surface area contributed by atoms with Gasteiger partial charge in [0.1, 0.15) is 5.76 Å². The first-order valence-electron chi connectivity index (χ1n) is 7.86. The van der Waals surface area contributed by atoms with E-state index in [-0.39, 0.29) is 5.91 Å². The maximum atomic E-state index is 12.3. The van der Waals surface area contributed by atoms with Crippen molar-refractivity contribution in [2.24, 2.45) is 0 Å². The smallest absolute Gasteiger partial charge is 0.267 e. The van der Waals surface area contributed by atoms with Crippen molar-refractivity contribution in [3.8, 4) is 0 Å². The van der Waals surface area contributed by atoms with E-state index in [9.17, 15) is 4.79 Å². The number of furan rings is 1. The van der Waals surface area contributed by atoms with Gasteiger partial charge in [0.2, 0.25) is 0 Å². The fourth-order valence-electron chi connectivity index (χ4n) is 3.04. The molecule has 1 amide bonds. The van der Waals surface area contributed by atoms with Crippen LogP contribution >= 0.6 is 22.7 Å². The fourth-order valence-corrected chi connectivity index (χ4v) is 4.63. The van der Waals surface area contributed by atoms with Crippen LogP contribution < -0.4 is 5.32 Å². The molecule has 4 rings (SSSR count). The summed E-state index contributed by atoms with van der Waals surface area (Å²) < 4.78 is 5.47. The second-order valence-corrected chi connectivity index (χ2v) is 7.71. The summed E-state index contributed by atoms with van der Waals surface area (Å²) in [5, 5.41) is 5.32. The van der Waals surface area contributed by atoms with Gasteiger partial charge in [0, 0.05) is 22.5 Å². The molecule has 1 aliphatic heterocycles. The lowest BCUT2D eigenvalue weighted by atomic mass is 10.2. The number of hydrogen-bond donors (Lipinski definition) is 1. The van der Waals surface area contributed by atoms with Crippen LogP contribution in [0.1, 0.15) is 39.2 Å². The second-order valence-electron chi connectivity index (χ2n) is 5.70. The third kappa shape index (κ3) is 3.28. The molecule has 3 aromatic rings. The molecule has 1 saturated heterocycles. The number of aromatic nitrogens is 1. The summed E-state index contributed by atoms with van der Waals surface area (Å²) in [5.74, 6) is 0.900. The van der Waals surface area contributed by atoms with Crippen molar-refractivity contribution in [3.05, 3.63) is 57.6 Å². The third-order valence-electron chi connectivity index (χ3n) is 4.13. The van der Waals surface area contributed by atoms with Crippen molar-refractivity contribution < 1.29 is 9.21 Å². The van der Waals surface area contributed by atoms with Crippen LogP contribution in [0, 0.1) is 0 Å². The van der Waals surface area contributed by atoms with E-state index in [0.717, 1.165) is 30.1 Å². The number of nitrogens with one attached hydrogen (secondary N) is 1. The van der Waals surface area contributed by atoms with Crippen molar-refractivity contribution in [1.29, 1.82) is 0 Å². The molecule has 4 heterocycles. The molecule has 0 spiro atoms. The lowest BCUT2D eigenvalue weighted by Crippen LogP contribution is -2.21. The van der Waals surface area contributed by atoms with Crippen LogP contribution in [0.25, 0.3) is 0 Å². The monoisotopic (exact) mass is 359 g/mol. The number of hydrogen-bond acceptors (Lipinski definition) is 6. The summed E-state index contributed by atoms with van der Waals surface area (Å²) in [6.07, 6.45) is 5.69. The highest BCUT2D eigenvalue weighted by molar-refractivity contribution is 7.15. The minimum Gasteiger partial charge on any atom is -0.468 e. The average molecular weight is 359 g/mol. The van der Waals surface area contributed by atoms with E-state index in [1.54, 1.807) is 23.8 Å². The van der Waals surface area contributed by atoms with Crippen LogP contribution in [0.5, 0.6) is 0 Å². The Bertz CT molecular complexity index is 796. The molecule has 5 nitrogen and oxygen atoms in total. The van der Waals surface area contributed by atoms with E-state index in [1.807, 2.05) is 23.6 Å². The van der Waals surface area contributed by atoms with Gasteiger partial charge in [-0.1, -0.05) is 0 Å². The summed E-state index contributed by atoms with van der Waals surface area (Å²) in [6, 6.07) is 8.28. The van der Waals surface area contributed by atoms with E-state index >= 15 is 0 Å². The Kier molecular flexibility index (Phi) is 4.46. The highest BCUT2D eigenvalue weighted by atomic mass is 32.1. The first-order chi connectivity index (χ1) is 11.8. The Morgan fingerprint density at radius 1 is 1.42 bits per heavy atom. The second kappa shape index (κ2) is 6.88. The lowest BCUT2D eigenvalue weighted by Gasteiger charge is -2.22. The summed E-state index contributed by atoms with van der Waals surface area (Å²) >= 11 is 2.99. The topological polar surface area (TPSA) is 58.4 Å². The molecule has 0 radical (unpaired) electrons. The average Bonchev–Trinajstić information content (AvgIpc) is 3.36. The lowest BCUT2D eigenvalue weighted by molar-refractivity contribution is 0.103. The Labute approximate surface area is 147 Å². The molecule has 0 saturated carbocycles. The zero-order valence-corrected chi connectivity index (χ0v) is 14.6. The van der Waals surface area contributed by atoms with Gasteiger partial charge in [0.05, 0.1) is 17.7 Å². The van der Waals surface area contributed by atoms with Gasteiger partial charge in [0.25, 0.3) is 5.91 Å².